The third-order valence-corrected chi connectivity index (χ3v) is 2.72. The van der Waals surface area contributed by atoms with E-state index in [1.54, 1.807) is 10.7 Å². The highest BCUT2D eigenvalue weighted by molar-refractivity contribution is 6.03. The first-order valence-corrected chi connectivity index (χ1v) is 6.17. The van der Waals surface area contributed by atoms with Gasteiger partial charge in [0.05, 0.1) is 11.8 Å². The van der Waals surface area contributed by atoms with Crippen LogP contribution in [0.4, 0.5) is 19.0 Å². The molecule has 2 aromatic heterocycles. The molecule has 0 saturated carbocycles. The van der Waals surface area contributed by atoms with Crippen LogP contribution in [0.5, 0.6) is 0 Å². The minimum Gasteiger partial charge on any atom is -0.307 e. The molecule has 21 heavy (non-hydrogen) atoms. The molecule has 0 radical (unpaired) electrons. The van der Waals surface area contributed by atoms with E-state index in [1.807, 2.05) is 13.8 Å². The monoisotopic (exact) mass is 298 g/mol. The number of nitrogens with zero attached hydrogens (tertiary/aromatic N) is 3. The largest absolute Gasteiger partial charge is 0.433 e. The lowest BCUT2D eigenvalue weighted by molar-refractivity contribution is -0.141. The Morgan fingerprint density at radius 3 is 2.52 bits per heavy atom. The quantitative estimate of drug-likeness (QED) is 0.947. The van der Waals surface area contributed by atoms with Gasteiger partial charge in [0, 0.05) is 18.3 Å². The maximum absolute atomic E-state index is 12.4. The van der Waals surface area contributed by atoms with E-state index in [2.05, 4.69) is 15.4 Å². The van der Waals surface area contributed by atoms with Crippen LogP contribution in [0, 0.1) is 0 Å². The first-order valence-electron chi connectivity index (χ1n) is 6.17. The number of anilines is 1. The van der Waals surface area contributed by atoms with Crippen LogP contribution in [-0.2, 0) is 6.18 Å². The maximum Gasteiger partial charge on any atom is 0.433 e. The number of carbonyl (C=O) groups excluding carboxylic acids is 1. The Balaban J connectivity index is 2.15. The van der Waals surface area contributed by atoms with Gasteiger partial charge in [-0.15, -0.1) is 0 Å². The van der Waals surface area contributed by atoms with Crippen LogP contribution in [0.1, 0.15) is 35.9 Å². The van der Waals surface area contributed by atoms with Crippen molar-refractivity contribution < 1.29 is 18.0 Å². The van der Waals surface area contributed by atoms with Gasteiger partial charge in [0.1, 0.15) is 11.5 Å². The molecule has 0 aliphatic heterocycles. The van der Waals surface area contributed by atoms with Gasteiger partial charge in [-0.05, 0) is 26.0 Å². The van der Waals surface area contributed by atoms with Crippen LogP contribution >= 0.6 is 0 Å². The zero-order valence-electron chi connectivity index (χ0n) is 11.3. The molecule has 0 fully saturated rings. The minimum absolute atomic E-state index is 0.0412. The number of pyridine rings is 1. The smallest absolute Gasteiger partial charge is 0.307 e. The molecular weight excluding hydrogens is 285 g/mol. The van der Waals surface area contributed by atoms with E-state index in [-0.39, 0.29) is 11.6 Å². The zero-order chi connectivity index (χ0) is 15.6. The van der Waals surface area contributed by atoms with Crippen LogP contribution in [0.2, 0.25) is 0 Å². The maximum atomic E-state index is 12.4. The summed E-state index contributed by atoms with van der Waals surface area (Å²) in [5.41, 5.74) is -0.995. The van der Waals surface area contributed by atoms with Crippen molar-refractivity contribution in [2.75, 3.05) is 5.32 Å². The van der Waals surface area contributed by atoms with Crippen molar-refractivity contribution in [3.63, 3.8) is 0 Å². The summed E-state index contributed by atoms with van der Waals surface area (Å²) in [5.74, 6) is -0.0754. The number of carbonyl (C=O) groups is 1. The number of hydrogen-bond acceptors (Lipinski definition) is 3. The molecule has 0 spiro atoms. The minimum atomic E-state index is -4.52. The SMILES string of the molecule is CC(C)n1nccc1NC(=O)c1ccc(C(F)(F)F)nc1. The fourth-order valence-corrected chi connectivity index (χ4v) is 1.71. The van der Waals surface area contributed by atoms with E-state index in [0.717, 1.165) is 18.3 Å². The topological polar surface area (TPSA) is 59.8 Å². The molecular formula is C13H13F3N4O. The van der Waals surface area contributed by atoms with Gasteiger partial charge in [-0.3, -0.25) is 9.78 Å². The molecule has 0 atom stereocenters. The molecule has 112 valence electrons. The van der Waals surface area contributed by atoms with Gasteiger partial charge in [0.15, 0.2) is 0 Å². The average molecular weight is 298 g/mol. The highest BCUT2D eigenvalue weighted by Crippen LogP contribution is 2.27. The van der Waals surface area contributed by atoms with E-state index >= 15 is 0 Å². The molecule has 1 amide bonds. The Bertz CT molecular complexity index is 632. The Morgan fingerprint density at radius 1 is 1.29 bits per heavy atom. The molecule has 1 N–H and O–H groups in total. The summed E-state index contributed by atoms with van der Waals surface area (Å²) in [7, 11) is 0. The fraction of sp³-hybridized carbons (Fsp3) is 0.308. The van der Waals surface area contributed by atoms with Gasteiger partial charge in [-0.1, -0.05) is 0 Å². The second kappa shape index (κ2) is 5.55. The molecule has 2 aromatic rings. The summed E-state index contributed by atoms with van der Waals surface area (Å²) < 4.78 is 38.8. The van der Waals surface area contributed by atoms with Gasteiger partial charge in [0.25, 0.3) is 5.91 Å². The zero-order valence-corrected chi connectivity index (χ0v) is 11.3. The summed E-state index contributed by atoms with van der Waals surface area (Å²) in [4.78, 5) is 15.2. The van der Waals surface area contributed by atoms with E-state index in [9.17, 15) is 18.0 Å². The van der Waals surface area contributed by atoms with Crippen molar-refractivity contribution in [2.45, 2.75) is 26.1 Å². The van der Waals surface area contributed by atoms with Crippen LogP contribution in [-0.4, -0.2) is 20.7 Å². The summed E-state index contributed by atoms with van der Waals surface area (Å²) in [6.07, 6.45) is -2.10. The molecule has 0 unspecified atom stereocenters. The second-order valence-corrected chi connectivity index (χ2v) is 4.64. The lowest BCUT2D eigenvalue weighted by atomic mass is 10.2. The van der Waals surface area contributed by atoms with Crippen molar-refractivity contribution >= 4 is 11.7 Å². The Morgan fingerprint density at radius 2 is 2.00 bits per heavy atom. The molecule has 0 aliphatic rings. The Labute approximate surface area is 118 Å². The first-order chi connectivity index (χ1) is 9.79. The van der Waals surface area contributed by atoms with E-state index in [0.29, 0.717) is 5.82 Å². The van der Waals surface area contributed by atoms with Crippen LogP contribution in [0.3, 0.4) is 0 Å². The Kier molecular flexibility index (Phi) is 3.97. The van der Waals surface area contributed by atoms with E-state index in [4.69, 9.17) is 0 Å². The summed E-state index contributed by atoms with van der Waals surface area (Å²) >= 11 is 0. The number of nitrogens with one attached hydrogen (secondary N) is 1. The van der Waals surface area contributed by atoms with Crippen LogP contribution in [0.25, 0.3) is 0 Å². The number of hydrogen-bond donors (Lipinski definition) is 1. The van der Waals surface area contributed by atoms with Crippen LogP contribution in [0.15, 0.2) is 30.6 Å². The molecule has 0 aromatic carbocycles. The van der Waals surface area contributed by atoms with Crippen molar-refractivity contribution in [1.29, 1.82) is 0 Å². The predicted octanol–water partition coefficient (Wildman–Crippen LogP) is 3.13. The molecule has 5 nitrogen and oxygen atoms in total. The average Bonchev–Trinajstić information content (AvgIpc) is 2.86. The standard InChI is InChI=1S/C13H13F3N4O/c1-8(2)20-11(5-6-18-20)19-12(21)9-3-4-10(17-7-9)13(14,15)16/h3-8H,1-2H3,(H,19,21). The molecule has 8 heteroatoms. The fourth-order valence-electron chi connectivity index (χ4n) is 1.71. The van der Waals surface area contributed by atoms with Crippen molar-refractivity contribution in [3.8, 4) is 0 Å². The normalized spacial score (nSPS) is 11.7. The number of amides is 1. The second-order valence-electron chi connectivity index (χ2n) is 4.64. The van der Waals surface area contributed by atoms with E-state index < -0.39 is 17.8 Å². The van der Waals surface area contributed by atoms with Gasteiger partial charge in [-0.2, -0.15) is 18.3 Å². The lowest BCUT2D eigenvalue weighted by Crippen LogP contribution is -2.17. The molecule has 2 heterocycles. The third kappa shape index (κ3) is 3.39. The van der Waals surface area contributed by atoms with Gasteiger partial charge in [0.2, 0.25) is 0 Å². The Hall–Kier alpha value is -2.38. The van der Waals surface area contributed by atoms with Crippen LogP contribution < -0.4 is 5.32 Å². The van der Waals surface area contributed by atoms with Crippen molar-refractivity contribution in [2.24, 2.45) is 0 Å². The summed E-state index contributed by atoms with van der Waals surface area (Å²) in [6, 6.07) is 3.51. The predicted molar refractivity (Wildman–Crippen MR) is 69.8 cm³/mol. The molecule has 0 saturated heterocycles. The highest BCUT2D eigenvalue weighted by Gasteiger charge is 2.32. The van der Waals surface area contributed by atoms with E-state index in [1.165, 1.54) is 6.20 Å². The molecule has 0 aliphatic carbocycles. The third-order valence-electron chi connectivity index (χ3n) is 2.72. The number of aromatic nitrogens is 3. The number of rotatable bonds is 3. The summed E-state index contributed by atoms with van der Waals surface area (Å²) in [5, 5.41) is 6.63. The van der Waals surface area contributed by atoms with Gasteiger partial charge >= 0.3 is 6.18 Å². The lowest BCUT2D eigenvalue weighted by Gasteiger charge is -2.12. The molecule has 0 bridgehead atoms. The number of alkyl halides is 3. The number of halogens is 3. The van der Waals surface area contributed by atoms with Crippen molar-refractivity contribution in [3.05, 3.63) is 41.9 Å². The first kappa shape index (κ1) is 15.0. The van der Waals surface area contributed by atoms with Crippen molar-refractivity contribution in [1.82, 2.24) is 14.8 Å². The van der Waals surface area contributed by atoms with Gasteiger partial charge in [-0.25, -0.2) is 4.68 Å². The molecule has 2 rings (SSSR count). The summed E-state index contributed by atoms with van der Waals surface area (Å²) in [6.45, 7) is 3.78. The van der Waals surface area contributed by atoms with Gasteiger partial charge < -0.3 is 5.32 Å². The highest BCUT2D eigenvalue weighted by atomic mass is 19.4.